The second kappa shape index (κ2) is 3.54. The second-order valence-electron chi connectivity index (χ2n) is 2.53. The topological polar surface area (TPSA) is 56.9 Å². The molecule has 0 bridgehead atoms. The van der Waals surface area contributed by atoms with Crippen molar-refractivity contribution >= 4 is 0 Å². The summed E-state index contributed by atoms with van der Waals surface area (Å²) in [5.74, 6) is -0.403. The molecular formula is C8H5F3N2O. The molecule has 1 aromatic rings. The minimum Gasteiger partial charge on any atom is -0.506 e. The van der Waals surface area contributed by atoms with Crippen LogP contribution in [0.15, 0.2) is 12.3 Å². The molecule has 1 N–H and O–H groups in total. The van der Waals surface area contributed by atoms with Crippen LogP contribution in [0, 0.1) is 11.3 Å². The zero-order chi connectivity index (χ0) is 10.8. The van der Waals surface area contributed by atoms with Crippen LogP contribution >= 0.6 is 0 Å². The van der Waals surface area contributed by atoms with Crippen LogP contribution in [0.25, 0.3) is 0 Å². The summed E-state index contributed by atoms with van der Waals surface area (Å²) < 4.78 is 36.3. The number of aromatic nitrogens is 1. The van der Waals surface area contributed by atoms with E-state index in [9.17, 15) is 13.2 Å². The molecule has 3 nitrogen and oxygen atoms in total. The van der Waals surface area contributed by atoms with E-state index >= 15 is 0 Å². The zero-order valence-corrected chi connectivity index (χ0v) is 6.84. The highest BCUT2D eigenvalue weighted by atomic mass is 19.4. The predicted octanol–water partition coefficient (Wildman–Crippen LogP) is 1.87. The van der Waals surface area contributed by atoms with Crippen molar-refractivity contribution in [3.63, 3.8) is 0 Å². The molecule has 0 atom stereocenters. The van der Waals surface area contributed by atoms with Crippen LogP contribution in [0.1, 0.15) is 11.3 Å². The Morgan fingerprint density at radius 3 is 2.64 bits per heavy atom. The van der Waals surface area contributed by atoms with Crippen molar-refractivity contribution in [1.82, 2.24) is 4.98 Å². The van der Waals surface area contributed by atoms with Crippen molar-refractivity contribution in [2.45, 2.75) is 12.6 Å². The SMILES string of the molecule is N#CCc1cc(C(F)(F)F)ncc1O. The number of hydrogen-bond acceptors (Lipinski definition) is 3. The molecule has 1 aromatic heterocycles. The van der Waals surface area contributed by atoms with E-state index in [0.29, 0.717) is 12.3 Å². The molecule has 0 spiro atoms. The third-order valence-corrected chi connectivity index (χ3v) is 1.53. The van der Waals surface area contributed by atoms with Gasteiger partial charge in [0.2, 0.25) is 0 Å². The van der Waals surface area contributed by atoms with Crippen molar-refractivity contribution in [3.8, 4) is 11.8 Å². The summed E-state index contributed by atoms with van der Waals surface area (Å²) >= 11 is 0. The third kappa shape index (κ3) is 2.13. The van der Waals surface area contributed by atoms with Crippen LogP contribution in [0.3, 0.4) is 0 Å². The molecule has 0 amide bonds. The van der Waals surface area contributed by atoms with Gasteiger partial charge in [0.05, 0.1) is 18.7 Å². The van der Waals surface area contributed by atoms with E-state index in [1.165, 1.54) is 0 Å². The summed E-state index contributed by atoms with van der Waals surface area (Å²) in [6, 6.07) is 2.31. The number of nitrogens with zero attached hydrogens (tertiary/aromatic N) is 2. The molecule has 0 aliphatic rings. The van der Waals surface area contributed by atoms with Crippen LogP contribution in [-0.2, 0) is 12.6 Å². The zero-order valence-electron chi connectivity index (χ0n) is 6.84. The molecular weight excluding hydrogens is 197 g/mol. The van der Waals surface area contributed by atoms with Crippen LogP contribution in [0.2, 0.25) is 0 Å². The molecule has 1 heterocycles. The van der Waals surface area contributed by atoms with Crippen molar-refractivity contribution in [3.05, 3.63) is 23.5 Å². The van der Waals surface area contributed by atoms with Crippen LogP contribution in [0.5, 0.6) is 5.75 Å². The normalized spacial score (nSPS) is 11.0. The number of alkyl halides is 3. The average molecular weight is 202 g/mol. The highest BCUT2D eigenvalue weighted by Gasteiger charge is 2.32. The van der Waals surface area contributed by atoms with E-state index in [0.717, 1.165) is 0 Å². The summed E-state index contributed by atoms with van der Waals surface area (Å²) in [7, 11) is 0. The Labute approximate surface area is 77.4 Å². The molecule has 0 aliphatic heterocycles. The maximum atomic E-state index is 12.1. The molecule has 74 valence electrons. The highest BCUT2D eigenvalue weighted by molar-refractivity contribution is 5.33. The van der Waals surface area contributed by atoms with Gasteiger partial charge in [-0.2, -0.15) is 18.4 Å². The van der Waals surface area contributed by atoms with Crippen molar-refractivity contribution in [1.29, 1.82) is 5.26 Å². The van der Waals surface area contributed by atoms with Crippen LogP contribution < -0.4 is 0 Å². The monoisotopic (exact) mass is 202 g/mol. The minimum atomic E-state index is -4.56. The molecule has 0 radical (unpaired) electrons. The van der Waals surface area contributed by atoms with E-state index in [2.05, 4.69) is 4.98 Å². The predicted molar refractivity (Wildman–Crippen MR) is 40.2 cm³/mol. The summed E-state index contributed by atoms with van der Waals surface area (Å²) in [4.78, 5) is 3.01. The first-order valence-corrected chi connectivity index (χ1v) is 3.57. The van der Waals surface area contributed by atoms with E-state index in [1.807, 2.05) is 0 Å². The Morgan fingerprint density at radius 2 is 2.14 bits per heavy atom. The lowest BCUT2D eigenvalue weighted by Gasteiger charge is -2.07. The Hall–Kier alpha value is -1.77. The van der Waals surface area contributed by atoms with Gasteiger partial charge in [-0.15, -0.1) is 0 Å². The maximum Gasteiger partial charge on any atom is 0.433 e. The van der Waals surface area contributed by atoms with Crippen molar-refractivity contribution < 1.29 is 18.3 Å². The van der Waals surface area contributed by atoms with Gasteiger partial charge in [0, 0.05) is 5.56 Å². The summed E-state index contributed by atoms with van der Waals surface area (Å²) in [5, 5.41) is 17.3. The molecule has 0 aliphatic carbocycles. The van der Waals surface area contributed by atoms with E-state index in [1.54, 1.807) is 6.07 Å². The first kappa shape index (κ1) is 10.3. The van der Waals surface area contributed by atoms with Gasteiger partial charge in [0.1, 0.15) is 11.4 Å². The molecule has 14 heavy (non-hydrogen) atoms. The Morgan fingerprint density at radius 1 is 1.50 bits per heavy atom. The summed E-state index contributed by atoms with van der Waals surface area (Å²) in [5.41, 5.74) is -1.18. The van der Waals surface area contributed by atoms with Gasteiger partial charge < -0.3 is 5.11 Å². The lowest BCUT2D eigenvalue weighted by Crippen LogP contribution is -2.08. The first-order chi connectivity index (χ1) is 6.45. The van der Waals surface area contributed by atoms with Gasteiger partial charge >= 0.3 is 6.18 Å². The quantitative estimate of drug-likeness (QED) is 0.756. The fraction of sp³-hybridized carbons (Fsp3) is 0.250. The Bertz CT molecular complexity index is 381. The van der Waals surface area contributed by atoms with Crippen LogP contribution in [0.4, 0.5) is 13.2 Å². The molecule has 0 fully saturated rings. The third-order valence-electron chi connectivity index (χ3n) is 1.53. The molecule has 0 aromatic carbocycles. The van der Waals surface area contributed by atoms with E-state index in [4.69, 9.17) is 10.4 Å². The van der Waals surface area contributed by atoms with Gasteiger partial charge in [-0.3, -0.25) is 0 Å². The fourth-order valence-corrected chi connectivity index (χ4v) is 0.872. The second-order valence-corrected chi connectivity index (χ2v) is 2.53. The first-order valence-electron chi connectivity index (χ1n) is 3.57. The molecule has 6 heteroatoms. The largest absolute Gasteiger partial charge is 0.506 e. The maximum absolute atomic E-state index is 12.1. The van der Waals surface area contributed by atoms with Gasteiger partial charge in [0.25, 0.3) is 0 Å². The average Bonchev–Trinajstić information content (AvgIpc) is 2.07. The number of aromatic hydroxyl groups is 1. The van der Waals surface area contributed by atoms with Gasteiger partial charge in [-0.05, 0) is 6.07 Å². The standard InChI is InChI=1S/C8H5F3N2O/c9-8(10,11)7-3-5(1-2-12)6(14)4-13-7/h3-4,14H,1H2. The van der Waals surface area contributed by atoms with Gasteiger partial charge in [0.15, 0.2) is 0 Å². The number of pyridine rings is 1. The highest BCUT2D eigenvalue weighted by Crippen LogP contribution is 2.30. The minimum absolute atomic E-state index is 0.0742. The van der Waals surface area contributed by atoms with Gasteiger partial charge in [-0.25, -0.2) is 4.98 Å². The smallest absolute Gasteiger partial charge is 0.433 e. The number of halogens is 3. The van der Waals surface area contributed by atoms with Crippen LogP contribution in [-0.4, -0.2) is 10.1 Å². The summed E-state index contributed by atoms with van der Waals surface area (Å²) in [6.07, 6.45) is -4.15. The summed E-state index contributed by atoms with van der Waals surface area (Å²) in [6.45, 7) is 0. The Balaban J connectivity index is 3.14. The van der Waals surface area contributed by atoms with E-state index in [-0.39, 0.29) is 12.0 Å². The van der Waals surface area contributed by atoms with E-state index < -0.39 is 17.6 Å². The number of rotatable bonds is 1. The lowest BCUT2D eigenvalue weighted by molar-refractivity contribution is -0.141. The number of nitriles is 1. The van der Waals surface area contributed by atoms with Crippen molar-refractivity contribution in [2.75, 3.05) is 0 Å². The Kier molecular flexibility index (Phi) is 2.60. The van der Waals surface area contributed by atoms with Gasteiger partial charge in [-0.1, -0.05) is 0 Å². The fourth-order valence-electron chi connectivity index (χ4n) is 0.872. The number of hydrogen-bond donors (Lipinski definition) is 1. The molecule has 0 unspecified atom stereocenters. The lowest BCUT2D eigenvalue weighted by atomic mass is 10.1. The molecule has 1 rings (SSSR count). The molecule has 0 saturated heterocycles. The molecule has 0 saturated carbocycles. The van der Waals surface area contributed by atoms with Crippen molar-refractivity contribution in [2.24, 2.45) is 0 Å².